The van der Waals surface area contributed by atoms with Gasteiger partial charge in [-0.15, -0.1) is 10.2 Å². The third-order valence-corrected chi connectivity index (χ3v) is 2.99. The van der Waals surface area contributed by atoms with Gasteiger partial charge in [-0.2, -0.15) is 0 Å². The van der Waals surface area contributed by atoms with E-state index in [4.69, 9.17) is 0 Å². The average Bonchev–Trinajstić information content (AvgIpc) is 2.55. The van der Waals surface area contributed by atoms with Crippen LogP contribution in [0.3, 0.4) is 0 Å². The van der Waals surface area contributed by atoms with Crippen LogP contribution in [0.4, 0.5) is 0 Å². The maximum atomic E-state index is 4.07. The van der Waals surface area contributed by atoms with Crippen LogP contribution in [0.15, 0.2) is 66.9 Å². The van der Waals surface area contributed by atoms with Crippen molar-refractivity contribution in [3.05, 3.63) is 78.0 Å². The molecule has 1 heterocycles. The molecular weight excluding hydrogens is 246 g/mol. The molecule has 0 N–H and O–H groups in total. The molecule has 0 bridgehead atoms. The van der Waals surface area contributed by atoms with Gasteiger partial charge in [0.15, 0.2) is 0 Å². The quantitative estimate of drug-likeness (QED) is 0.673. The van der Waals surface area contributed by atoms with Crippen LogP contribution in [0, 0.1) is 0 Å². The van der Waals surface area contributed by atoms with Crippen LogP contribution in [0.1, 0.15) is 11.1 Å². The highest BCUT2D eigenvalue weighted by Gasteiger charge is 2.03. The van der Waals surface area contributed by atoms with E-state index in [2.05, 4.69) is 45.8 Å². The van der Waals surface area contributed by atoms with Crippen molar-refractivity contribution in [3.8, 4) is 11.3 Å². The van der Waals surface area contributed by atoms with E-state index in [1.165, 1.54) is 5.56 Å². The van der Waals surface area contributed by atoms with Crippen molar-refractivity contribution in [3.63, 3.8) is 0 Å². The molecule has 0 amide bonds. The lowest BCUT2D eigenvalue weighted by atomic mass is 10.0. The summed E-state index contributed by atoms with van der Waals surface area (Å²) in [5.41, 5.74) is 4.16. The summed E-state index contributed by atoms with van der Waals surface area (Å²) in [6.07, 6.45) is 5.83. The van der Waals surface area contributed by atoms with Crippen LogP contribution in [0.25, 0.3) is 23.4 Å². The predicted octanol–water partition coefficient (Wildman–Crippen LogP) is 3.71. The summed E-state index contributed by atoms with van der Waals surface area (Å²) in [5, 5.41) is 11.5. The van der Waals surface area contributed by atoms with Gasteiger partial charge in [0.2, 0.25) is 0 Å². The predicted molar refractivity (Wildman–Crippen MR) is 80.6 cm³/mol. The third kappa shape index (κ3) is 2.78. The van der Waals surface area contributed by atoms with Crippen LogP contribution >= 0.6 is 0 Å². The molecule has 3 heteroatoms. The van der Waals surface area contributed by atoms with Crippen LogP contribution < -0.4 is 0 Å². The fourth-order valence-corrected chi connectivity index (χ4v) is 2.01. The van der Waals surface area contributed by atoms with Gasteiger partial charge in [0.1, 0.15) is 0 Å². The second-order valence-corrected chi connectivity index (χ2v) is 4.34. The molecule has 3 rings (SSSR count). The Hall–Kier alpha value is -2.81. The van der Waals surface area contributed by atoms with Gasteiger partial charge in [-0.3, -0.25) is 0 Å². The number of hydrogen-bond acceptors (Lipinski definition) is 3. The molecule has 0 spiro atoms. The van der Waals surface area contributed by atoms with Gasteiger partial charge < -0.3 is 0 Å². The molecule has 20 heavy (non-hydrogen) atoms. The standard InChI is InChI=1S/C17H13N3/c1-2-6-14(7-3-1)10-11-15-8-4-5-9-16(15)17-12-13-18-20-19-17/h1-13H/b11-10+. The molecule has 0 atom stereocenters. The Morgan fingerprint density at radius 3 is 2.35 bits per heavy atom. The maximum absolute atomic E-state index is 4.07. The van der Waals surface area contributed by atoms with Gasteiger partial charge in [-0.1, -0.05) is 66.7 Å². The van der Waals surface area contributed by atoms with Gasteiger partial charge in [0, 0.05) is 5.56 Å². The van der Waals surface area contributed by atoms with E-state index in [9.17, 15) is 0 Å². The SMILES string of the molecule is C(=C\c1ccccc1-c1ccnnn1)/c1ccccc1. The third-order valence-electron chi connectivity index (χ3n) is 2.99. The fourth-order valence-electron chi connectivity index (χ4n) is 2.01. The molecule has 0 aliphatic carbocycles. The zero-order chi connectivity index (χ0) is 13.6. The van der Waals surface area contributed by atoms with Crippen LogP contribution in [0.2, 0.25) is 0 Å². The number of benzene rings is 2. The van der Waals surface area contributed by atoms with E-state index >= 15 is 0 Å². The zero-order valence-electron chi connectivity index (χ0n) is 10.8. The number of rotatable bonds is 3. The largest absolute Gasteiger partial charge is 0.139 e. The van der Waals surface area contributed by atoms with Crippen molar-refractivity contribution in [2.75, 3.05) is 0 Å². The normalized spacial score (nSPS) is 10.8. The van der Waals surface area contributed by atoms with E-state index in [-0.39, 0.29) is 0 Å². The van der Waals surface area contributed by atoms with E-state index in [1.54, 1.807) is 6.20 Å². The van der Waals surface area contributed by atoms with Crippen LogP contribution in [-0.2, 0) is 0 Å². The Labute approximate surface area is 117 Å². The lowest BCUT2D eigenvalue weighted by Gasteiger charge is -2.03. The second-order valence-electron chi connectivity index (χ2n) is 4.34. The Kier molecular flexibility index (Phi) is 3.60. The minimum atomic E-state index is 0.827. The average molecular weight is 259 g/mol. The Balaban J connectivity index is 1.97. The van der Waals surface area contributed by atoms with Gasteiger partial charge >= 0.3 is 0 Å². The summed E-state index contributed by atoms with van der Waals surface area (Å²) in [4.78, 5) is 0. The van der Waals surface area contributed by atoms with Crippen molar-refractivity contribution in [2.45, 2.75) is 0 Å². The van der Waals surface area contributed by atoms with Crippen LogP contribution in [-0.4, -0.2) is 15.4 Å². The summed E-state index contributed by atoms with van der Waals surface area (Å²) in [6.45, 7) is 0. The molecule has 0 saturated heterocycles. The highest BCUT2D eigenvalue weighted by Crippen LogP contribution is 2.22. The first-order chi connectivity index (χ1) is 9.93. The summed E-state index contributed by atoms with van der Waals surface area (Å²) in [5.74, 6) is 0. The fraction of sp³-hybridized carbons (Fsp3) is 0. The molecule has 0 unspecified atom stereocenters. The van der Waals surface area contributed by atoms with E-state index in [0.717, 1.165) is 16.8 Å². The molecule has 96 valence electrons. The monoisotopic (exact) mass is 259 g/mol. The van der Waals surface area contributed by atoms with E-state index in [0.29, 0.717) is 0 Å². The Morgan fingerprint density at radius 1 is 0.750 bits per heavy atom. The summed E-state index contributed by atoms with van der Waals surface area (Å²) < 4.78 is 0. The second kappa shape index (κ2) is 5.89. The van der Waals surface area contributed by atoms with Crippen molar-refractivity contribution in [2.24, 2.45) is 0 Å². The lowest BCUT2D eigenvalue weighted by molar-refractivity contribution is 0.870. The highest BCUT2D eigenvalue weighted by atomic mass is 15.3. The Bertz CT molecular complexity index is 707. The van der Waals surface area contributed by atoms with Gasteiger partial charge in [0.05, 0.1) is 11.9 Å². The molecular formula is C17H13N3. The zero-order valence-corrected chi connectivity index (χ0v) is 10.8. The van der Waals surface area contributed by atoms with Crippen LogP contribution in [0.5, 0.6) is 0 Å². The summed E-state index contributed by atoms with van der Waals surface area (Å²) in [7, 11) is 0. The summed E-state index contributed by atoms with van der Waals surface area (Å²) in [6, 6.07) is 20.2. The minimum Gasteiger partial charge on any atom is -0.139 e. The number of aromatic nitrogens is 3. The van der Waals surface area contributed by atoms with Crippen molar-refractivity contribution in [1.82, 2.24) is 15.4 Å². The molecule has 0 fully saturated rings. The highest BCUT2D eigenvalue weighted by molar-refractivity contribution is 5.79. The molecule has 0 radical (unpaired) electrons. The first-order valence-corrected chi connectivity index (χ1v) is 6.40. The molecule has 3 aromatic rings. The molecule has 3 nitrogen and oxygen atoms in total. The summed E-state index contributed by atoms with van der Waals surface area (Å²) >= 11 is 0. The van der Waals surface area contributed by atoms with Crippen molar-refractivity contribution in [1.29, 1.82) is 0 Å². The molecule has 0 aliphatic heterocycles. The lowest BCUT2D eigenvalue weighted by Crippen LogP contribution is -1.91. The molecule has 0 saturated carbocycles. The Morgan fingerprint density at radius 2 is 1.55 bits per heavy atom. The topological polar surface area (TPSA) is 38.7 Å². The first kappa shape index (κ1) is 12.2. The minimum absolute atomic E-state index is 0.827. The van der Waals surface area contributed by atoms with Gasteiger partial charge in [-0.05, 0) is 22.4 Å². The van der Waals surface area contributed by atoms with Gasteiger partial charge in [0.25, 0.3) is 0 Å². The van der Waals surface area contributed by atoms with Crippen molar-refractivity contribution < 1.29 is 0 Å². The van der Waals surface area contributed by atoms with E-state index in [1.807, 2.05) is 42.5 Å². The van der Waals surface area contributed by atoms with E-state index < -0.39 is 0 Å². The molecule has 1 aromatic heterocycles. The smallest absolute Gasteiger partial charge is 0.0969 e. The first-order valence-electron chi connectivity index (χ1n) is 6.40. The van der Waals surface area contributed by atoms with Crippen molar-refractivity contribution >= 4 is 12.2 Å². The maximum Gasteiger partial charge on any atom is 0.0969 e. The van der Waals surface area contributed by atoms with Gasteiger partial charge in [-0.25, -0.2) is 0 Å². The molecule has 0 aliphatic rings. The number of hydrogen-bond donors (Lipinski definition) is 0. The molecule has 2 aromatic carbocycles. The number of nitrogens with zero attached hydrogens (tertiary/aromatic N) is 3.